The van der Waals surface area contributed by atoms with E-state index in [1.807, 2.05) is 11.8 Å². The van der Waals surface area contributed by atoms with Crippen LogP contribution in [0.1, 0.15) is 38.4 Å². The highest BCUT2D eigenvalue weighted by Gasteiger charge is 2.10. The lowest BCUT2D eigenvalue weighted by Crippen LogP contribution is -2.24. The topological polar surface area (TPSA) is 24.9 Å². The quantitative estimate of drug-likeness (QED) is 0.809. The largest absolute Gasteiger partial charge is 0.309 e. The number of thioether (sulfide) groups is 1. The molecule has 0 saturated heterocycles. The van der Waals surface area contributed by atoms with Crippen molar-refractivity contribution in [3.63, 3.8) is 0 Å². The lowest BCUT2D eigenvalue weighted by atomic mass is 10.1. The van der Waals surface area contributed by atoms with Crippen LogP contribution in [0.4, 0.5) is 4.39 Å². The second kappa shape index (κ2) is 7.67. The molecular formula is C13H21FN2S. The standard InChI is InChI=1S/C13H21FN2S/c1-4-12(15-8-7-10(2)17-3)13-6-5-11(14)9-16-13/h5-6,9-10,12,15H,4,7-8H2,1-3H3. The highest BCUT2D eigenvalue weighted by Crippen LogP contribution is 2.15. The highest BCUT2D eigenvalue weighted by molar-refractivity contribution is 7.99. The molecular weight excluding hydrogens is 235 g/mol. The lowest BCUT2D eigenvalue weighted by molar-refractivity contribution is 0.497. The zero-order valence-electron chi connectivity index (χ0n) is 10.7. The monoisotopic (exact) mass is 256 g/mol. The van der Waals surface area contributed by atoms with Gasteiger partial charge in [0, 0.05) is 11.3 Å². The summed E-state index contributed by atoms with van der Waals surface area (Å²) in [6.07, 6.45) is 5.51. The summed E-state index contributed by atoms with van der Waals surface area (Å²) in [5, 5.41) is 4.14. The zero-order chi connectivity index (χ0) is 12.7. The fourth-order valence-corrected chi connectivity index (χ4v) is 1.98. The first-order valence-electron chi connectivity index (χ1n) is 6.05. The van der Waals surface area contributed by atoms with Crippen molar-refractivity contribution in [2.45, 2.75) is 38.0 Å². The van der Waals surface area contributed by atoms with Crippen LogP contribution in [0.5, 0.6) is 0 Å². The molecule has 4 heteroatoms. The SMILES string of the molecule is CCC(NCCC(C)SC)c1ccc(F)cn1. The third-order valence-electron chi connectivity index (χ3n) is 2.86. The maximum absolute atomic E-state index is 12.8. The molecule has 0 spiro atoms. The van der Waals surface area contributed by atoms with Gasteiger partial charge >= 0.3 is 0 Å². The zero-order valence-corrected chi connectivity index (χ0v) is 11.6. The van der Waals surface area contributed by atoms with E-state index in [0.29, 0.717) is 5.25 Å². The van der Waals surface area contributed by atoms with Crippen molar-refractivity contribution in [3.05, 3.63) is 29.8 Å². The molecule has 1 aromatic rings. The highest BCUT2D eigenvalue weighted by atomic mass is 32.2. The van der Waals surface area contributed by atoms with Crippen LogP contribution in [-0.4, -0.2) is 23.0 Å². The summed E-state index contributed by atoms with van der Waals surface area (Å²) in [6.45, 7) is 5.31. The molecule has 0 aliphatic rings. The van der Waals surface area contributed by atoms with Gasteiger partial charge in [0.2, 0.25) is 0 Å². The minimum Gasteiger partial charge on any atom is -0.309 e. The summed E-state index contributed by atoms with van der Waals surface area (Å²) in [5.74, 6) is -0.278. The van der Waals surface area contributed by atoms with Crippen LogP contribution in [0, 0.1) is 5.82 Å². The van der Waals surface area contributed by atoms with E-state index in [-0.39, 0.29) is 11.9 Å². The number of nitrogens with one attached hydrogen (secondary N) is 1. The number of hydrogen-bond donors (Lipinski definition) is 1. The maximum Gasteiger partial charge on any atom is 0.141 e. The number of aromatic nitrogens is 1. The Hall–Kier alpha value is -0.610. The van der Waals surface area contributed by atoms with Crippen molar-refractivity contribution in [1.82, 2.24) is 10.3 Å². The molecule has 0 radical (unpaired) electrons. The van der Waals surface area contributed by atoms with Crippen LogP contribution in [0.25, 0.3) is 0 Å². The Balaban J connectivity index is 2.45. The van der Waals surface area contributed by atoms with Crippen molar-refractivity contribution in [2.24, 2.45) is 0 Å². The number of hydrogen-bond acceptors (Lipinski definition) is 3. The van der Waals surface area contributed by atoms with Crippen molar-refractivity contribution in [2.75, 3.05) is 12.8 Å². The van der Waals surface area contributed by atoms with Crippen molar-refractivity contribution in [3.8, 4) is 0 Å². The fourth-order valence-electron chi connectivity index (χ4n) is 1.63. The lowest BCUT2D eigenvalue weighted by Gasteiger charge is -2.17. The molecule has 1 N–H and O–H groups in total. The third-order valence-corrected chi connectivity index (χ3v) is 3.90. The smallest absolute Gasteiger partial charge is 0.141 e. The van der Waals surface area contributed by atoms with Crippen molar-refractivity contribution in [1.29, 1.82) is 0 Å². The molecule has 1 rings (SSSR count). The molecule has 0 aromatic carbocycles. The Kier molecular flexibility index (Phi) is 6.52. The van der Waals surface area contributed by atoms with Crippen molar-refractivity contribution >= 4 is 11.8 Å². The van der Waals surface area contributed by atoms with E-state index in [0.717, 1.165) is 25.1 Å². The van der Waals surface area contributed by atoms with Crippen LogP contribution in [0.15, 0.2) is 18.3 Å². The molecule has 2 nitrogen and oxygen atoms in total. The first kappa shape index (κ1) is 14.5. The van der Waals surface area contributed by atoms with E-state index in [9.17, 15) is 4.39 Å². The summed E-state index contributed by atoms with van der Waals surface area (Å²) < 4.78 is 12.8. The van der Waals surface area contributed by atoms with Crippen LogP contribution in [0.2, 0.25) is 0 Å². The van der Waals surface area contributed by atoms with Crippen LogP contribution < -0.4 is 5.32 Å². The predicted molar refractivity (Wildman–Crippen MR) is 72.8 cm³/mol. The summed E-state index contributed by atoms with van der Waals surface area (Å²) in [4.78, 5) is 4.12. The molecule has 2 unspecified atom stereocenters. The molecule has 0 fully saturated rings. The van der Waals surface area contributed by atoms with Crippen LogP contribution in [-0.2, 0) is 0 Å². The minimum absolute atomic E-state index is 0.227. The van der Waals surface area contributed by atoms with E-state index in [4.69, 9.17) is 0 Å². The number of halogens is 1. The normalized spacial score (nSPS) is 14.6. The Morgan fingerprint density at radius 3 is 2.76 bits per heavy atom. The number of nitrogens with zero attached hydrogens (tertiary/aromatic N) is 1. The Labute approximate surface area is 107 Å². The third kappa shape index (κ3) is 5.04. The van der Waals surface area contributed by atoms with Gasteiger partial charge in [-0.2, -0.15) is 11.8 Å². The van der Waals surface area contributed by atoms with Crippen LogP contribution in [0.3, 0.4) is 0 Å². The van der Waals surface area contributed by atoms with Crippen molar-refractivity contribution < 1.29 is 4.39 Å². The van der Waals surface area contributed by atoms with Gasteiger partial charge in [0.1, 0.15) is 5.82 Å². The molecule has 0 aliphatic carbocycles. The molecule has 1 heterocycles. The predicted octanol–water partition coefficient (Wildman–Crippen LogP) is 3.40. The van der Waals surface area contributed by atoms with Gasteiger partial charge < -0.3 is 5.32 Å². The number of rotatable bonds is 7. The average Bonchev–Trinajstić information content (AvgIpc) is 2.35. The summed E-state index contributed by atoms with van der Waals surface area (Å²) in [5.41, 5.74) is 0.922. The number of pyridine rings is 1. The van der Waals surface area contributed by atoms with Gasteiger partial charge in [0.15, 0.2) is 0 Å². The van der Waals surface area contributed by atoms with Gasteiger partial charge in [-0.3, -0.25) is 4.98 Å². The summed E-state index contributed by atoms with van der Waals surface area (Å²) in [6, 6.07) is 3.45. The second-order valence-corrected chi connectivity index (χ2v) is 5.43. The summed E-state index contributed by atoms with van der Waals surface area (Å²) >= 11 is 1.88. The van der Waals surface area contributed by atoms with Gasteiger partial charge in [-0.15, -0.1) is 0 Å². The first-order chi connectivity index (χ1) is 8.17. The molecule has 0 amide bonds. The first-order valence-corrected chi connectivity index (χ1v) is 7.33. The minimum atomic E-state index is -0.278. The van der Waals surface area contributed by atoms with Gasteiger partial charge in [-0.25, -0.2) is 4.39 Å². The molecule has 0 aliphatic heterocycles. The van der Waals surface area contributed by atoms with Crippen LogP contribution >= 0.6 is 11.8 Å². The molecule has 17 heavy (non-hydrogen) atoms. The molecule has 0 bridgehead atoms. The van der Waals surface area contributed by atoms with Gasteiger partial charge in [-0.1, -0.05) is 13.8 Å². The Morgan fingerprint density at radius 2 is 2.24 bits per heavy atom. The Bertz CT molecular complexity index is 316. The van der Waals surface area contributed by atoms with E-state index in [1.165, 1.54) is 12.3 Å². The van der Waals surface area contributed by atoms with Gasteiger partial charge in [0.05, 0.1) is 11.9 Å². The molecule has 1 aromatic heterocycles. The molecule has 0 saturated carbocycles. The average molecular weight is 256 g/mol. The van der Waals surface area contributed by atoms with E-state index >= 15 is 0 Å². The maximum atomic E-state index is 12.8. The van der Waals surface area contributed by atoms with Gasteiger partial charge in [-0.05, 0) is 37.8 Å². The Morgan fingerprint density at radius 1 is 1.47 bits per heavy atom. The second-order valence-electron chi connectivity index (χ2n) is 4.15. The fraction of sp³-hybridized carbons (Fsp3) is 0.615. The summed E-state index contributed by atoms with van der Waals surface area (Å²) in [7, 11) is 0. The van der Waals surface area contributed by atoms with E-state index < -0.39 is 0 Å². The van der Waals surface area contributed by atoms with E-state index in [2.05, 4.69) is 30.4 Å². The van der Waals surface area contributed by atoms with Gasteiger partial charge in [0.25, 0.3) is 0 Å². The molecule has 2 atom stereocenters. The van der Waals surface area contributed by atoms with E-state index in [1.54, 1.807) is 6.07 Å². The molecule has 96 valence electrons.